The van der Waals surface area contributed by atoms with E-state index in [1.54, 1.807) is 30.7 Å². The predicted octanol–water partition coefficient (Wildman–Crippen LogP) is 3.76. The number of halogens is 2. The Balaban J connectivity index is 1.66. The van der Waals surface area contributed by atoms with Gasteiger partial charge in [0, 0.05) is 37.9 Å². The van der Waals surface area contributed by atoms with Crippen LogP contribution in [-0.2, 0) is 22.6 Å². The van der Waals surface area contributed by atoms with Gasteiger partial charge in [-0.3, -0.25) is 9.80 Å². The number of aromatic nitrogens is 3. The third-order valence-corrected chi connectivity index (χ3v) is 6.77. The highest BCUT2D eigenvalue weighted by Gasteiger charge is 2.27. The molecule has 0 unspecified atom stereocenters. The largest absolute Gasteiger partial charge is 0.382 e. The molecule has 0 radical (unpaired) electrons. The molecule has 2 amide bonds. The van der Waals surface area contributed by atoms with Gasteiger partial charge in [0.25, 0.3) is 0 Å². The van der Waals surface area contributed by atoms with Crippen LogP contribution in [-0.4, -0.2) is 58.9 Å². The first-order chi connectivity index (χ1) is 18.8. The highest BCUT2D eigenvalue weighted by molar-refractivity contribution is 5.99. The number of nitrogens with zero attached hydrogens (tertiary/aromatic N) is 5. The quantitative estimate of drug-likeness (QED) is 0.368. The van der Waals surface area contributed by atoms with Crippen LogP contribution in [0.5, 0.6) is 0 Å². The minimum Gasteiger partial charge on any atom is -0.382 e. The fourth-order valence-corrected chi connectivity index (χ4v) is 4.97. The number of nitrogen functional groups attached to an aromatic ring is 1. The van der Waals surface area contributed by atoms with Crippen molar-refractivity contribution in [1.82, 2.24) is 19.5 Å². The first-order valence-corrected chi connectivity index (χ1v) is 12.4. The molecular weight excluding hydrogens is 508 g/mol. The first-order valence-electron chi connectivity index (χ1n) is 12.4. The topological polar surface area (TPSA) is 124 Å². The van der Waals surface area contributed by atoms with Gasteiger partial charge in [0.05, 0.1) is 36.9 Å². The summed E-state index contributed by atoms with van der Waals surface area (Å²) >= 11 is 0. The van der Waals surface area contributed by atoms with E-state index in [0.29, 0.717) is 42.0 Å². The average Bonchev–Trinajstić information content (AvgIpc) is 3.22. The molecule has 4 aromatic rings. The zero-order chi connectivity index (χ0) is 27.7. The molecular formula is C27H29F2N7O3. The maximum absolute atomic E-state index is 15.8. The average molecular weight is 538 g/mol. The van der Waals surface area contributed by atoms with Crippen molar-refractivity contribution in [1.29, 1.82) is 0 Å². The molecule has 0 saturated carbocycles. The van der Waals surface area contributed by atoms with Gasteiger partial charge in [-0.05, 0) is 42.3 Å². The van der Waals surface area contributed by atoms with Crippen LogP contribution in [0.25, 0.3) is 16.6 Å². The number of primary amides is 1. The van der Waals surface area contributed by atoms with E-state index in [1.807, 2.05) is 0 Å². The van der Waals surface area contributed by atoms with E-state index < -0.39 is 17.7 Å². The summed E-state index contributed by atoms with van der Waals surface area (Å²) < 4.78 is 43.2. The zero-order valence-electron chi connectivity index (χ0n) is 21.7. The number of anilines is 3. The Morgan fingerprint density at radius 3 is 2.59 bits per heavy atom. The maximum atomic E-state index is 15.8. The zero-order valence-corrected chi connectivity index (χ0v) is 21.7. The molecule has 4 N–H and O–H groups in total. The molecule has 12 heteroatoms. The Morgan fingerprint density at radius 1 is 1.13 bits per heavy atom. The second-order valence-corrected chi connectivity index (χ2v) is 9.32. The van der Waals surface area contributed by atoms with Crippen molar-refractivity contribution in [2.24, 2.45) is 5.73 Å². The van der Waals surface area contributed by atoms with E-state index in [0.717, 1.165) is 29.2 Å². The van der Waals surface area contributed by atoms with Crippen LogP contribution in [0.2, 0.25) is 0 Å². The Hall–Kier alpha value is -4.13. The van der Waals surface area contributed by atoms with Crippen molar-refractivity contribution in [2.75, 3.05) is 44.0 Å². The van der Waals surface area contributed by atoms with Gasteiger partial charge in [-0.15, -0.1) is 0 Å². The van der Waals surface area contributed by atoms with Gasteiger partial charge in [0.2, 0.25) is 0 Å². The molecule has 1 fully saturated rings. The molecule has 204 valence electrons. The van der Waals surface area contributed by atoms with E-state index in [-0.39, 0.29) is 23.8 Å². The number of carbonyl (C=O) groups is 1. The lowest BCUT2D eigenvalue weighted by Crippen LogP contribution is -2.36. The maximum Gasteiger partial charge on any atom is 0.324 e. The van der Waals surface area contributed by atoms with Crippen molar-refractivity contribution < 1.29 is 23.0 Å². The Kier molecular flexibility index (Phi) is 7.42. The van der Waals surface area contributed by atoms with E-state index in [4.69, 9.17) is 20.9 Å². The molecule has 1 aliphatic rings. The molecule has 10 nitrogen and oxygen atoms in total. The van der Waals surface area contributed by atoms with Crippen molar-refractivity contribution in [3.05, 3.63) is 71.2 Å². The van der Waals surface area contributed by atoms with Crippen LogP contribution in [0.4, 0.5) is 30.8 Å². The molecule has 1 aliphatic heterocycles. The second kappa shape index (κ2) is 10.9. The lowest BCUT2D eigenvalue weighted by atomic mass is 10.00. The fourth-order valence-electron chi connectivity index (χ4n) is 4.97. The lowest BCUT2D eigenvalue weighted by molar-refractivity contribution is 0.0331. The molecule has 2 aromatic heterocycles. The van der Waals surface area contributed by atoms with Crippen molar-refractivity contribution >= 4 is 28.7 Å². The first kappa shape index (κ1) is 26.5. The van der Waals surface area contributed by atoms with Crippen LogP contribution >= 0.6 is 0 Å². The van der Waals surface area contributed by atoms with Gasteiger partial charge in [-0.2, -0.15) is 5.10 Å². The Labute approximate surface area is 223 Å². The molecule has 0 aliphatic carbocycles. The van der Waals surface area contributed by atoms with Crippen LogP contribution < -0.4 is 16.4 Å². The molecule has 1 saturated heterocycles. The van der Waals surface area contributed by atoms with E-state index >= 15 is 4.39 Å². The van der Waals surface area contributed by atoms with Crippen molar-refractivity contribution in [3.8, 4) is 11.1 Å². The summed E-state index contributed by atoms with van der Waals surface area (Å²) in [6.45, 7) is 5.23. The SMILES string of the molecule is COCc1c(-c2ccc(N(C(N)=O)c3cc(C)ccc3F)c(F)c2)c2c(N)ncnn2c1CN1CCOCC1. The summed E-state index contributed by atoms with van der Waals surface area (Å²) in [6, 6.07) is 7.44. The van der Waals surface area contributed by atoms with Gasteiger partial charge in [0.1, 0.15) is 23.5 Å². The van der Waals surface area contributed by atoms with Gasteiger partial charge in [0.15, 0.2) is 5.82 Å². The standard InChI is InChI=1S/C27H29F2N7O3/c1-16-3-5-19(28)22(11-16)35(27(31)37)21-6-4-17(12-20(21)29)24-18(14-38-2)23(13-34-7-9-39-10-8-34)36-25(24)26(30)32-15-33-36/h3-6,11-12,15H,7-10,13-14H2,1-2H3,(H2,31,37)(H2,30,32,33). The number of carbonyl (C=O) groups excluding carboxylic acids is 1. The number of morpholine rings is 1. The normalized spacial score (nSPS) is 14.2. The molecule has 39 heavy (non-hydrogen) atoms. The highest BCUT2D eigenvalue weighted by atomic mass is 19.1. The summed E-state index contributed by atoms with van der Waals surface area (Å²) in [7, 11) is 1.57. The monoisotopic (exact) mass is 537 g/mol. The van der Waals surface area contributed by atoms with Crippen LogP contribution in [0.1, 0.15) is 16.8 Å². The van der Waals surface area contributed by atoms with E-state index in [1.165, 1.54) is 30.6 Å². The van der Waals surface area contributed by atoms with Gasteiger partial charge < -0.3 is 20.9 Å². The number of urea groups is 1. The van der Waals surface area contributed by atoms with Crippen molar-refractivity contribution in [2.45, 2.75) is 20.1 Å². The number of benzene rings is 2. The van der Waals surface area contributed by atoms with Gasteiger partial charge >= 0.3 is 6.03 Å². The number of rotatable bonds is 7. The predicted molar refractivity (Wildman–Crippen MR) is 142 cm³/mol. The molecule has 0 bridgehead atoms. The number of aryl methyl sites for hydroxylation is 1. The summed E-state index contributed by atoms with van der Waals surface area (Å²) in [5.41, 5.74) is 15.4. The summed E-state index contributed by atoms with van der Waals surface area (Å²) in [4.78, 5) is 19.6. The minimum absolute atomic E-state index is 0.144. The molecule has 0 atom stereocenters. The Bertz CT molecular complexity index is 1540. The third-order valence-electron chi connectivity index (χ3n) is 6.77. The Morgan fingerprint density at radius 2 is 1.90 bits per heavy atom. The summed E-state index contributed by atoms with van der Waals surface area (Å²) in [5.74, 6) is -1.27. The van der Waals surface area contributed by atoms with Crippen LogP contribution in [0.15, 0.2) is 42.7 Å². The minimum atomic E-state index is -1.02. The molecule has 0 spiro atoms. The van der Waals surface area contributed by atoms with E-state index in [9.17, 15) is 9.18 Å². The number of methoxy groups -OCH3 is 1. The lowest BCUT2D eigenvalue weighted by Gasteiger charge is -2.26. The van der Waals surface area contributed by atoms with Crippen molar-refractivity contribution in [3.63, 3.8) is 0 Å². The van der Waals surface area contributed by atoms with Gasteiger partial charge in [-0.25, -0.2) is 23.1 Å². The summed E-state index contributed by atoms with van der Waals surface area (Å²) in [6.07, 6.45) is 1.37. The second-order valence-electron chi connectivity index (χ2n) is 9.32. The van der Waals surface area contributed by atoms with E-state index in [2.05, 4.69) is 15.0 Å². The summed E-state index contributed by atoms with van der Waals surface area (Å²) in [5, 5.41) is 4.45. The molecule has 3 heterocycles. The van der Waals surface area contributed by atoms with Crippen LogP contribution in [0, 0.1) is 18.6 Å². The fraction of sp³-hybridized carbons (Fsp3) is 0.296. The van der Waals surface area contributed by atoms with Crippen LogP contribution in [0.3, 0.4) is 0 Å². The molecule has 2 aromatic carbocycles. The number of hydrogen-bond acceptors (Lipinski definition) is 7. The number of fused-ring (bicyclic) bond motifs is 1. The number of hydrogen-bond donors (Lipinski definition) is 2. The smallest absolute Gasteiger partial charge is 0.324 e. The number of amides is 2. The highest BCUT2D eigenvalue weighted by Crippen LogP contribution is 2.39. The molecule has 5 rings (SSSR count). The third kappa shape index (κ3) is 5.01. The number of nitrogens with two attached hydrogens (primary N) is 2. The number of ether oxygens (including phenoxy) is 2. The van der Waals surface area contributed by atoms with Gasteiger partial charge in [-0.1, -0.05) is 12.1 Å².